The zero-order chi connectivity index (χ0) is 24.6. The summed E-state index contributed by atoms with van der Waals surface area (Å²) >= 11 is 0. The first kappa shape index (κ1) is 23.2. The van der Waals surface area contributed by atoms with Crippen LogP contribution in [0.3, 0.4) is 0 Å². The van der Waals surface area contributed by atoms with E-state index in [2.05, 4.69) is 15.1 Å². The maximum absolute atomic E-state index is 13.7. The van der Waals surface area contributed by atoms with Crippen molar-refractivity contribution in [2.24, 2.45) is 0 Å². The number of hydrogen-bond acceptors (Lipinski definition) is 8. The fourth-order valence-corrected chi connectivity index (χ4v) is 3.63. The minimum absolute atomic E-state index is 0.0613. The lowest BCUT2D eigenvalue weighted by atomic mass is 10.1. The molecule has 4 rings (SSSR count). The molecule has 0 fully saturated rings. The summed E-state index contributed by atoms with van der Waals surface area (Å²) in [7, 11) is 0. The van der Waals surface area contributed by atoms with Crippen LogP contribution in [0.15, 0.2) is 40.9 Å². The molecule has 176 valence electrons. The van der Waals surface area contributed by atoms with Gasteiger partial charge in [-0.2, -0.15) is 0 Å². The van der Waals surface area contributed by atoms with Crippen LogP contribution in [0, 0.1) is 13.8 Å². The second kappa shape index (κ2) is 8.74. The van der Waals surface area contributed by atoms with Crippen molar-refractivity contribution >= 4 is 22.9 Å². The Labute approximate surface area is 196 Å². The molecule has 0 amide bonds. The molecule has 0 saturated heterocycles. The second-order valence-electron chi connectivity index (χ2n) is 8.78. The van der Waals surface area contributed by atoms with Crippen molar-refractivity contribution in [1.29, 1.82) is 0 Å². The van der Waals surface area contributed by atoms with E-state index in [4.69, 9.17) is 14.0 Å². The van der Waals surface area contributed by atoms with Gasteiger partial charge >= 0.3 is 6.09 Å². The Hall–Kier alpha value is -4.01. The fraction of sp³-hybridized carbons (Fsp3) is 0.320. The van der Waals surface area contributed by atoms with Crippen LogP contribution in [-0.4, -0.2) is 43.8 Å². The Morgan fingerprint density at radius 1 is 1.09 bits per heavy atom. The van der Waals surface area contributed by atoms with E-state index in [1.54, 1.807) is 65.0 Å². The summed E-state index contributed by atoms with van der Waals surface area (Å²) < 4.78 is 17.7. The van der Waals surface area contributed by atoms with Gasteiger partial charge in [0, 0.05) is 11.6 Å². The maximum Gasteiger partial charge on any atom is 0.420 e. The van der Waals surface area contributed by atoms with Crippen LogP contribution in [0.2, 0.25) is 0 Å². The second-order valence-corrected chi connectivity index (χ2v) is 8.78. The highest BCUT2D eigenvalue weighted by molar-refractivity contribution is 6.11. The van der Waals surface area contributed by atoms with Crippen molar-refractivity contribution in [2.45, 2.75) is 47.1 Å². The molecule has 0 aliphatic heterocycles. The van der Waals surface area contributed by atoms with Crippen LogP contribution in [-0.2, 0) is 4.74 Å². The maximum atomic E-state index is 13.7. The van der Waals surface area contributed by atoms with Gasteiger partial charge in [-0.1, -0.05) is 17.3 Å². The number of aromatic nitrogens is 4. The Kier molecular flexibility index (Phi) is 5.95. The molecule has 34 heavy (non-hydrogen) atoms. The first-order valence-corrected chi connectivity index (χ1v) is 10.9. The molecule has 1 aromatic carbocycles. The van der Waals surface area contributed by atoms with Crippen LogP contribution in [0.25, 0.3) is 22.3 Å². The highest BCUT2D eigenvalue weighted by Gasteiger charge is 2.28. The SMILES string of the molecule is CCOc1cc(C(=O)c2nc3ccccc3n2C(=O)OC(C)(C)C)cc(-c2c(C)noc2C)n1. The highest BCUT2D eigenvalue weighted by Crippen LogP contribution is 2.29. The molecule has 9 nitrogen and oxygen atoms in total. The van der Waals surface area contributed by atoms with E-state index in [1.807, 2.05) is 6.92 Å². The number of ether oxygens (including phenoxy) is 2. The lowest BCUT2D eigenvalue weighted by Crippen LogP contribution is -2.29. The molecule has 0 saturated carbocycles. The topological polar surface area (TPSA) is 109 Å². The van der Waals surface area contributed by atoms with Gasteiger partial charge in [0.1, 0.15) is 11.4 Å². The van der Waals surface area contributed by atoms with Gasteiger partial charge in [0.15, 0.2) is 5.82 Å². The number of imidazole rings is 1. The first-order chi connectivity index (χ1) is 16.1. The molecule has 3 aromatic heterocycles. The zero-order valence-electron chi connectivity index (χ0n) is 20.0. The standard InChI is InChI=1S/C25H26N4O5/c1-7-32-20-13-16(12-18(26-20)21-14(2)28-34-15(21)3)22(30)23-27-17-10-8-9-11-19(17)29(23)24(31)33-25(4,5)6/h8-13H,7H2,1-6H3. The molecule has 3 heterocycles. The minimum atomic E-state index is -0.752. The summed E-state index contributed by atoms with van der Waals surface area (Å²) in [6.07, 6.45) is -0.686. The molecule has 0 aliphatic rings. The van der Waals surface area contributed by atoms with E-state index >= 15 is 0 Å². The summed E-state index contributed by atoms with van der Waals surface area (Å²) in [5.74, 6) is 0.300. The summed E-state index contributed by atoms with van der Waals surface area (Å²) in [5, 5.41) is 3.98. The predicted octanol–water partition coefficient (Wildman–Crippen LogP) is 5.12. The van der Waals surface area contributed by atoms with Gasteiger partial charge in [-0.25, -0.2) is 19.3 Å². The third-order valence-corrected chi connectivity index (χ3v) is 4.99. The van der Waals surface area contributed by atoms with E-state index in [1.165, 1.54) is 10.6 Å². The van der Waals surface area contributed by atoms with Gasteiger partial charge in [0.25, 0.3) is 0 Å². The van der Waals surface area contributed by atoms with Gasteiger partial charge < -0.3 is 14.0 Å². The number of ketones is 1. The average molecular weight is 463 g/mol. The monoisotopic (exact) mass is 462 g/mol. The van der Waals surface area contributed by atoms with E-state index in [0.717, 1.165) is 0 Å². The Morgan fingerprint density at radius 3 is 2.47 bits per heavy atom. The van der Waals surface area contributed by atoms with E-state index in [-0.39, 0.29) is 17.3 Å². The Balaban J connectivity index is 1.88. The largest absolute Gasteiger partial charge is 0.478 e. The van der Waals surface area contributed by atoms with E-state index < -0.39 is 17.5 Å². The lowest BCUT2D eigenvalue weighted by molar-refractivity contribution is 0.0535. The molecular formula is C25H26N4O5. The highest BCUT2D eigenvalue weighted by atomic mass is 16.6. The summed E-state index contributed by atoms with van der Waals surface area (Å²) in [4.78, 5) is 35.8. The van der Waals surface area contributed by atoms with Crippen molar-refractivity contribution in [3.8, 4) is 17.1 Å². The number of fused-ring (bicyclic) bond motifs is 1. The quantitative estimate of drug-likeness (QED) is 0.376. The van der Waals surface area contributed by atoms with Gasteiger partial charge in [-0.15, -0.1) is 0 Å². The van der Waals surface area contributed by atoms with Crippen molar-refractivity contribution < 1.29 is 23.6 Å². The van der Waals surface area contributed by atoms with Gasteiger partial charge in [0.05, 0.1) is 34.6 Å². The van der Waals surface area contributed by atoms with Gasteiger partial charge in [0.2, 0.25) is 11.7 Å². The summed E-state index contributed by atoms with van der Waals surface area (Å²) in [5.41, 5.74) is 2.28. The molecule has 4 aromatic rings. The third-order valence-electron chi connectivity index (χ3n) is 4.99. The van der Waals surface area contributed by atoms with Crippen molar-refractivity contribution in [3.05, 3.63) is 59.2 Å². The van der Waals surface area contributed by atoms with E-state index in [0.29, 0.717) is 40.4 Å². The molecule has 0 spiro atoms. The van der Waals surface area contributed by atoms with Gasteiger partial charge in [-0.05, 0) is 59.7 Å². The van der Waals surface area contributed by atoms with Crippen LogP contribution in [0.5, 0.6) is 5.88 Å². The van der Waals surface area contributed by atoms with Crippen molar-refractivity contribution in [3.63, 3.8) is 0 Å². The number of nitrogens with zero attached hydrogens (tertiary/aromatic N) is 4. The zero-order valence-corrected chi connectivity index (χ0v) is 20.0. The Bertz CT molecular complexity index is 1370. The normalized spacial score (nSPS) is 11.6. The molecule has 0 radical (unpaired) electrons. The average Bonchev–Trinajstić information content (AvgIpc) is 3.31. The molecule has 0 aliphatic carbocycles. The molecule has 0 N–H and O–H groups in total. The number of benzene rings is 1. The van der Waals surface area contributed by atoms with Gasteiger partial charge in [-0.3, -0.25) is 4.79 Å². The van der Waals surface area contributed by atoms with Crippen LogP contribution < -0.4 is 4.74 Å². The molecule has 0 unspecified atom stereocenters. The number of carbonyl (C=O) groups is 2. The predicted molar refractivity (Wildman–Crippen MR) is 125 cm³/mol. The number of carbonyl (C=O) groups excluding carboxylic acids is 2. The van der Waals surface area contributed by atoms with Crippen LogP contribution in [0.1, 0.15) is 55.3 Å². The van der Waals surface area contributed by atoms with Crippen LogP contribution in [0.4, 0.5) is 4.79 Å². The third kappa shape index (κ3) is 4.41. The number of hydrogen-bond donors (Lipinski definition) is 0. The number of pyridine rings is 1. The number of para-hydroxylation sites is 2. The van der Waals surface area contributed by atoms with Crippen molar-refractivity contribution in [1.82, 2.24) is 19.7 Å². The lowest BCUT2D eigenvalue weighted by Gasteiger charge is -2.20. The smallest absolute Gasteiger partial charge is 0.420 e. The van der Waals surface area contributed by atoms with E-state index in [9.17, 15) is 9.59 Å². The summed E-state index contributed by atoms with van der Waals surface area (Å²) in [6, 6.07) is 10.2. The number of rotatable bonds is 5. The fourth-order valence-electron chi connectivity index (χ4n) is 3.63. The molecule has 9 heteroatoms. The van der Waals surface area contributed by atoms with Crippen molar-refractivity contribution in [2.75, 3.05) is 6.61 Å². The molecule has 0 bridgehead atoms. The first-order valence-electron chi connectivity index (χ1n) is 10.9. The Morgan fingerprint density at radius 2 is 1.82 bits per heavy atom. The summed E-state index contributed by atoms with van der Waals surface area (Å²) in [6.45, 7) is 11.0. The number of aryl methyl sites for hydroxylation is 2. The molecular weight excluding hydrogens is 436 g/mol. The van der Waals surface area contributed by atoms with Crippen LogP contribution >= 0.6 is 0 Å². The molecule has 0 atom stereocenters. The minimum Gasteiger partial charge on any atom is -0.478 e.